The van der Waals surface area contributed by atoms with E-state index in [1.54, 1.807) is 4.90 Å². The van der Waals surface area contributed by atoms with Crippen LogP contribution in [0.3, 0.4) is 0 Å². The SMILES string of the molecule is CCN(Cc1ccccc1)C(=O)Nc1ccc(-c2ccccc2)cc1. The van der Waals surface area contributed by atoms with E-state index in [9.17, 15) is 4.79 Å². The fourth-order valence-electron chi connectivity index (χ4n) is 2.71. The molecule has 3 aromatic carbocycles. The second-order valence-corrected chi connectivity index (χ2v) is 5.87. The Hall–Kier alpha value is -3.07. The number of hydrogen-bond acceptors (Lipinski definition) is 1. The summed E-state index contributed by atoms with van der Waals surface area (Å²) in [5, 5.41) is 2.98. The third-order valence-corrected chi connectivity index (χ3v) is 4.13. The van der Waals surface area contributed by atoms with E-state index in [2.05, 4.69) is 17.4 Å². The van der Waals surface area contributed by atoms with Crippen LogP contribution in [0.25, 0.3) is 11.1 Å². The number of urea groups is 1. The molecule has 2 amide bonds. The summed E-state index contributed by atoms with van der Waals surface area (Å²) in [6.45, 7) is 3.25. The Morgan fingerprint density at radius 2 is 1.36 bits per heavy atom. The molecule has 0 unspecified atom stereocenters. The van der Waals surface area contributed by atoms with Gasteiger partial charge in [-0.1, -0.05) is 72.8 Å². The van der Waals surface area contributed by atoms with Crippen LogP contribution in [0.1, 0.15) is 12.5 Å². The van der Waals surface area contributed by atoms with Gasteiger partial charge in [0.1, 0.15) is 0 Å². The zero-order valence-corrected chi connectivity index (χ0v) is 14.4. The highest BCUT2D eigenvalue weighted by atomic mass is 16.2. The van der Waals surface area contributed by atoms with Gasteiger partial charge in [0.15, 0.2) is 0 Å². The first-order chi connectivity index (χ1) is 12.3. The third kappa shape index (κ3) is 4.48. The average Bonchev–Trinajstić information content (AvgIpc) is 2.68. The maximum Gasteiger partial charge on any atom is 0.322 e. The zero-order valence-electron chi connectivity index (χ0n) is 14.4. The van der Waals surface area contributed by atoms with Gasteiger partial charge < -0.3 is 10.2 Å². The van der Waals surface area contributed by atoms with Gasteiger partial charge in [-0.3, -0.25) is 0 Å². The molecule has 1 N–H and O–H groups in total. The van der Waals surface area contributed by atoms with Crippen molar-refractivity contribution in [2.45, 2.75) is 13.5 Å². The lowest BCUT2D eigenvalue weighted by atomic mass is 10.1. The molecule has 0 heterocycles. The Labute approximate surface area is 148 Å². The molecule has 0 spiro atoms. The first-order valence-electron chi connectivity index (χ1n) is 8.51. The Morgan fingerprint density at radius 3 is 1.96 bits per heavy atom. The van der Waals surface area contributed by atoms with Gasteiger partial charge in [0, 0.05) is 18.8 Å². The van der Waals surface area contributed by atoms with Crippen molar-refractivity contribution < 1.29 is 4.79 Å². The van der Waals surface area contributed by atoms with E-state index in [1.165, 1.54) is 5.56 Å². The van der Waals surface area contributed by atoms with Crippen molar-refractivity contribution in [1.82, 2.24) is 4.90 Å². The summed E-state index contributed by atoms with van der Waals surface area (Å²) in [6, 6.07) is 28.1. The maximum absolute atomic E-state index is 12.5. The first-order valence-corrected chi connectivity index (χ1v) is 8.51. The number of amides is 2. The van der Waals surface area contributed by atoms with Crippen LogP contribution in [-0.4, -0.2) is 17.5 Å². The Morgan fingerprint density at radius 1 is 0.800 bits per heavy atom. The molecule has 3 aromatic rings. The molecular weight excluding hydrogens is 308 g/mol. The molecule has 0 aliphatic heterocycles. The number of rotatable bonds is 5. The van der Waals surface area contributed by atoms with Crippen LogP contribution < -0.4 is 5.32 Å². The smallest absolute Gasteiger partial charge is 0.320 e. The van der Waals surface area contributed by atoms with E-state index in [-0.39, 0.29) is 6.03 Å². The standard InChI is InChI=1S/C22H22N2O/c1-2-24(17-18-9-5-3-6-10-18)22(25)23-21-15-13-20(14-16-21)19-11-7-4-8-12-19/h3-16H,2,17H2,1H3,(H,23,25). The van der Waals surface area contributed by atoms with Gasteiger partial charge in [-0.05, 0) is 35.7 Å². The summed E-state index contributed by atoms with van der Waals surface area (Å²) in [4.78, 5) is 14.3. The average molecular weight is 330 g/mol. The Balaban J connectivity index is 1.65. The summed E-state index contributed by atoms with van der Waals surface area (Å²) < 4.78 is 0. The van der Waals surface area contributed by atoms with Crippen LogP contribution in [0, 0.1) is 0 Å². The summed E-state index contributed by atoms with van der Waals surface area (Å²) >= 11 is 0. The van der Waals surface area contributed by atoms with Crippen LogP contribution >= 0.6 is 0 Å². The molecule has 0 aromatic heterocycles. The molecule has 0 saturated carbocycles. The van der Waals surface area contributed by atoms with E-state index in [4.69, 9.17) is 0 Å². The van der Waals surface area contributed by atoms with Crippen LogP contribution in [0.15, 0.2) is 84.9 Å². The normalized spacial score (nSPS) is 10.3. The van der Waals surface area contributed by atoms with Crippen LogP contribution in [0.4, 0.5) is 10.5 Å². The minimum absolute atomic E-state index is 0.0844. The molecule has 0 radical (unpaired) electrons. The summed E-state index contributed by atoms with van der Waals surface area (Å²) in [5.74, 6) is 0. The van der Waals surface area contributed by atoms with E-state index >= 15 is 0 Å². The Kier molecular flexibility index (Phi) is 5.47. The molecule has 0 bridgehead atoms. The van der Waals surface area contributed by atoms with Crippen LogP contribution in [0.2, 0.25) is 0 Å². The minimum atomic E-state index is -0.0844. The fourth-order valence-corrected chi connectivity index (χ4v) is 2.71. The summed E-state index contributed by atoms with van der Waals surface area (Å²) in [6.07, 6.45) is 0. The summed E-state index contributed by atoms with van der Waals surface area (Å²) in [7, 11) is 0. The lowest BCUT2D eigenvalue weighted by Crippen LogP contribution is -2.34. The molecule has 3 heteroatoms. The van der Waals surface area contributed by atoms with Crippen molar-refractivity contribution in [2.24, 2.45) is 0 Å². The number of hydrogen-bond donors (Lipinski definition) is 1. The predicted octanol–water partition coefficient (Wildman–Crippen LogP) is 5.41. The molecule has 0 aliphatic carbocycles. The number of nitrogens with zero attached hydrogens (tertiary/aromatic N) is 1. The van der Waals surface area contributed by atoms with Crippen molar-refractivity contribution in [1.29, 1.82) is 0 Å². The topological polar surface area (TPSA) is 32.3 Å². The minimum Gasteiger partial charge on any atom is -0.320 e. The van der Waals surface area contributed by atoms with Crippen LogP contribution in [0.5, 0.6) is 0 Å². The van der Waals surface area contributed by atoms with Gasteiger partial charge >= 0.3 is 6.03 Å². The molecule has 25 heavy (non-hydrogen) atoms. The fraction of sp³-hybridized carbons (Fsp3) is 0.136. The number of carbonyl (C=O) groups is 1. The van der Waals surface area contributed by atoms with Crippen molar-refractivity contribution >= 4 is 11.7 Å². The second-order valence-electron chi connectivity index (χ2n) is 5.87. The van der Waals surface area contributed by atoms with Gasteiger partial charge in [-0.25, -0.2) is 4.79 Å². The largest absolute Gasteiger partial charge is 0.322 e. The van der Waals surface area contributed by atoms with Crippen LogP contribution in [-0.2, 0) is 6.54 Å². The highest BCUT2D eigenvalue weighted by Gasteiger charge is 2.12. The van der Waals surface area contributed by atoms with Gasteiger partial charge in [0.2, 0.25) is 0 Å². The van der Waals surface area contributed by atoms with Gasteiger partial charge in [0.05, 0.1) is 0 Å². The molecule has 0 aliphatic rings. The van der Waals surface area contributed by atoms with Crippen molar-refractivity contribution in [3.63, 3.8) is 0 Å². The van der Waals surface area contributed by atoms with Crippen molar-refractivity contribution in [3.8, 4) is 11.1 Å². The number of carbonyl (C=O) groups excluding carboxylic acids is 1. The highest BCUT2D eigenvalue weighted by molar-refractivity contribution is 5.89. The second kappa shape index (κ2) is 8.15. The van der Waals surface area contributed by atoms with Gasteiger partial charge in [0.25, 0.3) is 0 Å². The summed E-state index contributed by atoms with van der Waals surface area (Å²) in [5.41, 5.74) is 4.23. The molecule has 3 rings (SSSR count). The van der Waals surface area contributed by atoms with E-state index < -0.39 is 0 Å². The molecule has 0 atom stereocenters. The highest BCUT2D eigenvalue weighted by Crippen LogP contribution is 2.21. The van der Waals surface area contributed by atoms with E-state index in [0.29, 0.717) is 13.1 Å². The Bertz CT molecular complexity index is 798. The molecule has 0 fully saturated rings. The lowest BCUT2D eigenvalue weighted by molar-refractivity contribution is 0.212. The third-order valence-electron chi connectivity index (χ3n) is 4.13. The molecule has 0 saturated heterocycles. The molecular formula is C22H22N2O. The predicted molar refractivity (Wildman–Crippen MR) is 103 cm³/mol. The monoisotopic (exact) mass is 330 g/mol. The van der Waals surface area contributed by atoms with Crippen molar-refractivity contribution in [2.75, 3.05) is 11.9 Å². The van der Waals surface area contributed by atoms with Gasteiger partial charge in [-0.15, -0.1) is 0 Å². The first kappa shape index (κ1) is 16.8. The quantitative estimate of drug-likeness (QED) is 0.667. The maximum atomic E-state index is 12.5. The zero-order chi connectivity index (χ0) is 17.5. The lowest BCUT2D eigenvalue weighted by Gasteiger charge is -2.21. The molecule has 3 nitrogen and oxygen atoms in total. The van der Waals surface area contributed by atoms with Crippen molar-refractivity contribution in [3.05, 3.63) is 90.5 Å². The van der Waals surface area contributed by atoms with Gasteiger partial charge in [-0.2, -0.15) is 0 Å². The number of nitrogens with one attached hydrogen (secondary N) is 1. The molecule has 126 valence electrons. The number of anilines is 1. The van der Waals surface area contributed by atoms with E-state index in [1.807, 2.05) is 79.7 Å². The number of benzene rings is 3. The van der Waals surface area contributed by atoms with E-state index in [0.717, 1.165) is 16.8 Å².